The van der Waals surface area contributed by atoms with Gasteiger partial charge in [0.1, 0.15) is 5.82 Å². The van der Waals surface area contributed by atoms with Crippen molar-refractivity contribution in [1.82, 2.24) is 15.2 Å². The second-order valence-electron chi connectivity index (χ2n) is 4.51. The molecule has 0 bridgehead atoms. The lowest BCUT2D eigenvalue weighted by molar-refractivity contribution is 0.0615. The van der Waals surface area contributed by atoms with Gasteiger partial charge in [-0.15, -0.1) is 24.8 Å². The van der Waals surface area contributed by atoms with Crippen LogP contribution in [-0.4, -0.2) is 41.0 Å². The molecule has 1 aliphatic heterocycles. The number of pyridine rings is 1. The molecule has 2 atom stereocenters. The van der Waals surface area contributed by atoms with Crippen LogP contribution < -0.4 is 5.32 Å². The van der Waals surface area contributed by atoms with Gasteiger partial charge in [-0.2, -0.15) is 0 Å². The third kappa shape index (κ3) is 4.30. The van der Waals surface area contributed by atoms with E-state index in [1.807, 2.05) is 13.8 Å². The molecule has 1 aromatic heterocycles. The zero-order chi connectivity index (χ0) is 12.4. The highest BCUT2D eigenvalue weighted by molar-refractivity contribution is 5.94. The van der Waals surface area contributed by atoms with Crippen molar-refractivity contribution in [3.8, 4) is 0 Å². The summed E-state index contributed by atoms with van der Waals surface area (Å²) in [5.74, 6) is -0.635. The van der Waals surface area contributed by atoms with Gasteiger partial charge in [-0.3, -0.25) is 9.78 Å². The van der Waals surface area contributed by atoms with Crippen molar-refractivity contribution < 1.29 is 9.18 Å². The summed E-state index contributed by atoms with van der Waals surface area (Å²) in [4.78, 5) is 17.7. The first-order valence-electron chi connectivity index (χ1n) is 5.73. The molecule has 1 saturated heterocycles. The van der Waals surface area contributed by atoms with E-state index in [4.69, 9.17) is 0 Å². The number of carbonyl (C=O) groups is 1. The smallest absolute Gasteiger partial charge is 0.255 e. The fourth-order valence-electron chi connectivity index (χ4n) is 2.00. The van der Waals surface area contributed by atoms with E-state index < -0.39 is 5.82 Å². The van der Waals surface area contributed by atoms with Crippen LogP contribution in [0.3, 0.4) is 0 Å². The van der Waals surface area contributed by atoms with E-state index in [9.17, 15) is 9.18 Å². The van der Waals surface area contributed by atoms with Crippen LogP contribution in [0.4, 0.5) is 4.39 Å². The maximum atomic E-state index is 13.0. The molecular formula is C12H18Cl2FN3O. The molecule has 2 heterocycles. The van der Waals surface area contributed by atoms with E-state index in [-0.39, 0.29) is 42.8 Å². The number of hydrogen-bond donors (Lipinski definition) is 1. The summed E-state index contributed by atoms with van der Waals surface area (Å²) in [5.41, 5.74) is 0.311. The topological polar surface area (TPSA) is 45.2 Å². The summed E-state index contributed by atoms with van der Waals surface area (Å²) in [6.45, 7) is 5.39. The number of nitrogens with one attached hydrogen (secondary N) is 1. The molecule has 108 valence electrons. The Labute approximate surface area is 124 Å². The van der Waals surface area contributed by atoms with Crippen LogP contribution in [0.15, 0.2) is 18.5 Å². The first-order chi connectivity index (χ1) is 8.08. The average Bonchev–Trinajstić information content (AvgIpc) is 2.31. The van der Waals surface area contributed by atoms with Crippen molar-refractivity contribution in [2.24, 2.45) is 0 Å². The second-order valence-corrected chi connectivity index (χ2v) is 4.51. The minimum absolute atomic E-state index is 0. The Kier molecular flexibility index (Phi) is 7.26. The fourth-order valence-corrected chi connectivity index (χ4v) is 2.00. The third-order valence-corrected chi connectivity index (χ3v) is 2.98. The van der Waals surface area contributed by atoms with Gasteiger partial charge in [0.2, 0.25) is 0 Å². The number of rotatable bonds is 1. The molecule has 1 fully saturated rings. The first-order valence-corrected chi connectivity index (χ1v) is 5.73. The summed E-state index contributed by atoms with van der Waals surface area (Å²) >= 11 is 0. The molecule has 0 spiro atoms. The zero-order valence-electron chi connectivity index (χ0n) is 10.8. The Hall–Kier alpha value is -0.910. The minimum Gasteiger partial charge on any atom is -0.333 e. The van der Waals surface area contributed by atoms with Gasteiger partial charge < -0.3 is 10.2 Å². The van der Waals surface area contributed by atoms with Crippen LogP contribution in [0.25, 0.3) is 0 Å². The molecule has 0 aromatic carbocycles. The SMILES string of the molecule is CC1CN(C(=O)c2cncc(F)c2)C(C)CN1.Cl.Cl. The van der Waals surface area contributed by atoms with Gasteiger partial charge in [-0.05, 0) is 19.9 Å². The van der Waals surface area contributed by atoms with Crippen molar-refractivity contribution >= 4 is 30.7 Å². The largest absolute Gasteiger partial charge is 0.333 e. The van der Waals surface area contributed by atoms with Gasteiger partial charge in [0.25, 0.3) is 5.91 Å². The Bertz CT molecular complexity index is 433. The van der Waals surface area contributed by atoms with Crippen LogP contribution in [0.5, 0.6) is 0 Å². The predicted octanol–water partition coefficient (Wildman–Crippen LogP) is 1.89. The average molecular weight is 310 g/mol. The molecule has 2 unspecified atom stereocenters. The van der Waals surface area contributed by atoms with Gasteiger partial charge >= 0.3 is 0 Å². The molecule has 19 heavy (non-hydrogen) atoms. The molecule has 0 aliphatic carbocycles. The number of amides is 1. The number of piperazine rings is 1. The van der Waals surface area contributed by atoms with Crippen molar-refractivity contribution in [3.05, 3.63) is 29.8 Å². The standard InChI is InChI=1S/C12H16FN3O.2ClH/c1-8-7-16(9(2)4-15-8)12(17)10-3-11(13)6-14-5-10;;/h3,5-6,8-9,15H,4,7H2,1-2H3;2*1H. The number of carbonyl (C=O) groups excluding carboxylic acids is 1. The van der Waals surface area contributed by atoms with E-state index in [2.05, 4.69) is 10.3 Å². The maximum absolute atomic E-state index is 13.0. The number of aromatic nitrogens is 1. The van der Waals surface area contributed by atoms with E-state index in [0.29, 0.717) is 12.1 Å². The molecule has 4 nitrogen and oxygen atoms in total. The van der Waals surface area contributed by atoms with E-state index in [0.717, 1.165) is 12.7 Å². The van der Waals surface area contributed by atoms with Gasteiger partial charge in [0.15, 0.2) is 0 Å². The van der Waals surface area contributed by atoms with Gasteiger partial charge in [0.05, 0.1) is 11.8 Å². The Morgan fingerprint density at radius 1 is 1.42 bits per heavy atom. The van der Waals surface area contributed by atoms with E-state index in [1.165, 1.54) is 12.3 Å². The molecule has 0 saturated carbocycles. The molecule has 1 aliphatic rings. The lowest BCUT2D eigenvalue weighted by atomic mass is 10.1. The highest BCUT2D eigenvalue weighted by atomic mass is 35.5. The van der Waals surface area contributed by atoms with Gasteiger partial charge in [-0.1, -0.05) is 0 Å². The normalized spacial score (nSPS) is 22.2. The van der Waals surface area contributed by atoms with Gasteiger partial charge in [0, 0.05) is 31.4 Å². The Morgan fingerprint density at radius 2 is 2.11 bits per heavy atom. The van der Waals surface area contributed by atoms with Gasteiger partial charge in [-0.25, -0.2) is 4.39 Å². The van der Waals surface area contributed by atoms with Crippen molar-refractivity contribution in [3.63, 3.8) is 0 Å². The predicted molar refractivity (Wildman–Crippen MR) is 76.7 cm³/mol. The monoisotopic (exact) mass is 309 g/mol. The van der Waals surface area contributed by atoms with E-state index >= 15 is 0 Å². The number of nitrogens with zero attached hydrogens (tertiary/aromatic N) is 2. The molecule has 0 radical (unpaired) electrons. The number of halogens is 3. The van der Waals surface area contributed by atoms with Crippen LogP contribution in [0.1, 0.15) is 24.2 Å². The molecule has 7 heteroatoms. The van der Waals surface area contributed by atoms with E-state index in [1.54, 1.807) is 4.90 Å². The number of hydrogen-bond acceptors (Lipinski definition) is 3. The summed E-state index contributed by atoms with van der Waals surface area (Å²) in [6, 6.07) is 1.60. The molecular weight excluding hydrogens is 292 g/mol. The van der Waals surface area contributed by atoms with Crippen molar-refractivity contribution in [2.75, 3.05) is 13.1 Å². The van der Waals surface area contributed by atoms with Crippen LogP contribution in [0, 0.1) is 5.82 Å². The summed E-state index contributed by atoms with van der Waals surface area (Å²) in [7, 11) is 0. The Morgan fingerprint density at radius 3 is 2.74 bits per heavy atom. The van der Waals surface area contributed by atoms with Crippen LogP contribution in [-0.2, 0) is 0 Å². The first kappa shape index (κ1) is 18.1. The lowest BCUT2D eigenvalue weighted by Gasteiger charge is -2.37. The third-order valence-electron chi connectivity index (χ3n) is 2.98. The molecule has 2 rings (SSSR count). The highest BCUT2D eigenvalue weighted by Gasteiger charge is 2.27. The van der Waals surface area contributed by atoms with Crippen LogP contribution >= 0.6 is 24.8 Å². The highest BCUT2D eigenvalue weighted by Crippen LogP contribution is 2.12. The van der Waals surface area contributed by atoms with Crippen molar-refractivity contribution in [2.45, 2.75) is 25.9 Å². The lowest BCUT2D eigenvalue weighted by Crippen LogP contribution is -2.56. The molecule has 1 aromatic rings. The Balaban J connectivity index is 0.00000162. The fraction of sp³-hybridized carbons (Fsp3) is 0.500. The molecule has 1 N–H and O–H groups in total. The van der Waals surface area contributed by atoms with Crippen LogP contribution in [0.2, 0.25) is 0 Å². The summed E-state index contributed by atoms with van der Waals surface area (Å²) in [6.07, 6.45) is 2.51. The zero-order valence-corrected chi connectivity index (χ0v) is 12.4. The maximum Gasteiger partial charge on any atom is 0.255 e. The summed E-state index contributed by atoms with van der Waals surface area (Å²) < 4.78 is 13.0. The summed E-state index contributed by atoms with van der Waals surface area (Å²) in [5, 5.41) is 3.30. The molecule has 1 amide bonds. The minimum atomic E-state index is -0.480. The second kappa shape index (κ2) is 7.62. The quantitative estimate of drug-likeness (QED) is 0.861. The van der Waals surface area contributed by atoms with Crippen molar-refractivity contribution in [1.29, 1.82) is 0 Å².